The van der Waals surface area contributed by atoms with Crippen LogP contribution in [0, 0.1) is 23.2 Å². The molecule has 10 heteroatoms. The molecule has 1 unspecified atom stereocenters. The molecule has 4 atom stereocenters. The number of alkyl carbamates (subject to hydrolysis) is 1. The Kier molecular flexibility index (Phi) is 5.80. The van der Waals surface area contributed by atoms with Gasteiger partial charge in [-0.05, 0) is 42.2 Å². The molecule has 3 amide bonds. The van der Waals surface area contributed by atoms with Crippen LogP contribution in [0.25, 0.3) is 0 Å². The van der Waals surface area contributed by atoms with Crippen LogP contribution in [-0.2, 0) is 19.7 Å². The molecule has 1 aromatic carbocycles. The zero-order chi connectivity index (χ0) is 24.9. The second kappa shape index (κ2) is 8.68. The molecular weight excluding hydrogens is 475 g/mol. The Morgan fingerprint density at radius 2 is 2.20 bits per heavy atom. The van der Waals surface area contributed by atoms with E-state index in [0.717, 1.165) is 12.8 Å². The van der Waals surface area contributed by atoms with E-state index in [9.17, 15) is 24.0 Å². The number of nitrogens with one attached hydrogen (secondary N) is 2. The summed E-state index contributed by atoms with van der Waals surface area (Å²) >= 11 is 6.18. The minimum absolute atomic E-state index is 0.0120. The number of likely N-dealkylation sites (tertiary alicyclic amines) is 1. The summed E-state index contributed by atoms with van der Waals surface area (Å²) in [6.45, 7) is 1.68. The van der Waals surface area contributed by atoms with E-state index in [0.29, 0.717) is 22.7 Å². The highest BCUT2D eigenvalue weighted by Gasteiger charge is 2.56. The molecule has 2 aliphatic carbocycles. The number of allylic oxidation sites excluding steroid dienone is 3. The largest absolute Gasteiger partial charge is 0.413 e. The number of nitriles is 1. The molecule has 1 saturated carbocycles. The highest BCUT2D eigenvalue weighted by atomic mass is 35.5. The lowest BCUT2D eigenvalue weighted by Crippen LogP contribution is -2.51. The molecular formula is C25H24ClFN4O4. The highest BCUT2D eigenvalue weighted by molar-refractivity contribution is 6.31. The molecule has 2 N–H and O–H groups in total. The molecule has 1 saturated heterocycles. The maximum Gasteiger partial charge on any atom is 0.413 e. The molecule has 8 nitrogen and oxygen atoms in total. The summed E-state index contributed by atoms with van der Waals surface area (Å²) in [5.74, 6) is -1.63. The molecule has 5 rings (SSSR count). The third-order valence-corrected chi connectivity index (χ3v) is 7.44. The minimum atomic E-state index is -1.10. The number of halogens is 2. The quantitative estimate of drug-likeness (QED) is 0.638. The predicted octanol–water partition coefficient (Wildman–Crippen LogP) is 3.94. The minimum Gasteiger partial charge on any atom is -0.411 e. The average Bonchev–Trinajstić information content (AvgIpc) is 3.40. The molecule has 182 valence electrons. The van der Waals surface area contributed by atoms with Crippen molar-refractivity contribution in [1.29, 1.82) is 5.26 Å². The van der Waals surface area contributed by atoms with Gasteiger partial charge in [0.15, 0.2) is 11.6 Å². The van der Waals surface area contributed by atoms with E-state index in [1.807, 2.05) is 0 Å². The second-order valence-electron chi connectivity index (χ2n) is 9.67. The fourth-order valence-corrected chi connectivity index (χ4v) is 5.31. The molecule has 1 aromatic rings. The van der Waals surface area contributed by atoms with Crippen molar-refractivity contribution in [2.75, 3.05) is 11.9 Å². The summed E-state index contributed by atoms with van der Waals surface area (Å²) < 4.78 is 19.1. The number of ether oxygens (including phenoxy) is 1. The van der Waals surface area contributed by atoms with Crippen LogP contribution in [0.1, 0.15) is 38.2 Å². The van der Waals surface area contributed by atoms with Crippen LogP contribution in [-0.4, -0.2) is 41.4 Å². The van der Waals surface area contributed by atoms with Gasteiger partial charge >= 0.3 is 6.09 Å². The second-order valence-corrected chi connectivity index (χ2v) is 10.1. The molecule has 2 aliphatic heterocycles. The average molecular weight is 499 g/mol. The van der Waals surface area contributed by atoms with Crippen LogP contribution in [0.5, 0.6) is 0 Å². The Balaban J connectivity index is 1.37. The van der Waals surface area contributed by atoms with E-state index in [-0.39, 0.29) is 30.5 Å². The monoisotopic (exact) mass is 498 g/mol. The Morgan fingerprint density at radius 3 is 2.86 bits per heavy atom. The van der Waals surface area contributed by atoms with E-state index in [1.54, 1.807) is 31.2 Å². The van der Waals surface area contributed by atoms with Gasteiger partial charge in [-0.2, -0.15) is 5.26 Å². The Labute approximate surface area is 206 Å². The lowest BCUT2D eigenvalue weighted by atomic mass is 9.80. The molecule has 0 bridgehead atoms. The van der Waals surface area contributed by atoms with Crippen molar-refractivity contribution in [2.45, 2.75) is 50.1 Å². The number of amides is 3. The molecule has 2 heterocycles. The van der Waals surface area contributed by atoms with E-state index in [1.165, 1.54) is 11.0 Å². The molecule has 2 fully saturated rings. The van der Waals surface area contributed by atoms with Crippen LogP contribution in [0.15, 0.2) is 41.9 Å². The SMILES string of the molecule is C[C@@H]1C=CC(F)=C1OC(=O)N[C@@H](CC1CC1)C(=O)N1C[C@]2(CC1C#N)C(=O)Nc1ccc(Cl)cc12. The standard InChI is InChI=1S/C25H24ClFN4O4/c1-13-2-6-18(27)21(13)35-24(34)30-20(8-14-3-4-14)22(32)31-12-25(10-16(31)11-28)17-9-15(26)5-7-19(17)29-23(25)33/h2,5-7,9,13-14,16,20H,3-4,8,10,12H2,1H3,(H,29,33)(H,30,34)/t13-,16?,20+,25+/m1/s1. The van der Waals surface area contributed by atoms with E-state index in [2.05, 4.69) is 16.7 Å². The van der Waals surface area contributed by atoms with Crippen molar-refractivity contribution in [1.82, 2.24) is 10.2 Å². The van der Waals surface area contributed by atoms with Gasteiger partial charge in [0.1, 0.15) is 12.1 Å². The summed E-state index contributed by atoms with van der Waals surface area (Å²) in [5, 5.41) is 15.7. The first-order valence-corrected chi connectivity index (χ1v) is 12.0. The van der Waals surface area contributed by atoms with Gasteiger partial charge in [-0.15, -0.1) is 0 Å². The fourth-order valence-electron chi connectivity index (χ4n) is 5.14. The van der Waals surface area contributed by atoms with Crippen molar-refractivity contribution in [3.63, 3.8) is 0 Å². The first-order valence-electron chi connectivity index (χ1n) is 11.6. The van der Waals surface area contributed by atoms with Gasteiger partial charge in [0, 0.05) is 29.6 Å². The highest BCUT2D eigenvalue weighted by Crippen LogP contribution is 2.47. The van der Waals surface area contributed by atoms with Gasteiger partial charge in [0.05, 0.1) is 11.5 Å². The van der Waals surface area contributed by atoms with Gasteiger partial charge in [0.2, 0.25) is 11.8 Å². The summed E-state index contributed by atoms with van der Waals surface area (Å²) in [5.41, 5.74) is 0.165. The smallest absolute Gasteiger partial charge is 0.411 e. The third-order valence-electron chi connectivity index (χ3n) is 7.21. The van der Waals surface area contributed by atoms with E-state index in [4.69, 9.17) is 16.3 Å². The maximum absolute atomic E-state index is 13.9. The number of hydrogen-bond donors (Lipinski definition) is 2. The topological polar surface area (TPSA) is 112 Å². The molecule has 0 aromatic heterocycles. The first kappa shape index (κ1) is 23.4. The summed E-state index contributed by atoms with van der Waals surface area (Å²) in [6.07, 6.45) is 4.24. The van der Waals surface area contributed by atoms with Crippen molar-refractivity contribution >= 4 is 35.2 Å². The predicted molar refractivity (Wildman–Crippen MR) is 125 cm³/mol. The van der Waals surface area contributed by atoms with Gasteiger partial charge < -0.3 is 20.3 Å². The van der Waals surface area contributed by atoms with Crippen molar-refractivity contribution in [3.8, 4) is 6.07 Å². The number of hydrogen-bond acceptors (Lipinski definition) is 5. The van der Waals surface area contributed by atoms with Crippen LogP contribution in [0.4, 0.5) is 14.9 Å². The fraction of sp³-hybridized carbons (Fsp3) is 0.440. The van der Waals surface area contributed by atoms with E-state index < -0.39 is 41.2 Å². The number of carbonyl (C=O) groups is 3. The normalized spacial score (nSPS) is 27.6. The van der Waals surface area contributed by atoms with Crippen LogP contribution in [0.3, 0.4) is 0 Å². The van der Waals surface area contributed by atoms with Crippen molar-refractivity contribution in [2.24, 2.45) is 11.8 Å². The van der Waals surface area contributed by atoms with Gasteiger partial charge in [0.25, 0.3) is 0 Å². The summed E-state index contributed by atoms with van der Waals surface area (Å²) in [6, 6.07) is 5.38. The summed E-state index contributed by atoms with van der Waals surface area (Å²) in [7, 11) is 0. The van der Waals surface area contributed by atoms with Crippen LogP contribution < -0.4 is 10.6 Å². The summed E-state index contributed by atoms with van der Waals surface area (Å²) in [4.78, 5) is 40.7. The third kappa shape index (κ3) is 4.16. The lowest BCUT2D eigenvalue weighted by Gasteiger charge is -2.27. The number of benzene rings is 1. The molecule has 0 radical (unpaired) electrons. The van der Waals surface area contributed by atoms with Crippen molar-refractivity contribution in [3.05, 3.63) is 52.5 Å². The van der Waals surface area contributed by atoms with Crippen molar-refractivity contribution < 1.29 is 23.5 Å². The van der Waals surface area contributed by atoms with E-state index >= 15 is 0 Å². The van der Waals surface area contributed by atoms with Gasteiger partial charge in [-0.25, -0.2) is 9.18 Å². The zero-order valence-corrected chi connectivity index (χ0v) is 19.8. The molecule has 1 spiro atoms. The number of rotatable bonds is 5. The Bertz CT molecular complexity index is 1220. The first-order chi connectivity index (χ1) is 16.7. The maximum atomic E-state index is 13.9. The number of carbonyl (C=O) groups excluding carboxylic acids is 3. The Morgan fingerprint density at radius 1 is 1.43 bits per heavy atom. The lowest BCUT2D eigenvalue weighted by molar-refractivity contribution is -0.134. The Hall–Kier alpha value is -3.38. The molecule has 4 aliphatic rings. The zero-order valence-electron chi connectivity index (χ0n) is 19.0. The molecule has 35 heavy (non-hydrogen) atoms. The van der Waals surface area contributed by atoms with Crippen LogP contribution in [0.2, 0.25) is 5.02 Å². The number of anilines is 1. The number of fused-ring (bicyclic) bond motifs is 2. The van der Waals surface area contributed by atoms with Gasteiger partial charge in [-0.3, -0.25) is 9.59 Å². The van der Waals surface area contributed by atoms with Gasteiger partial charge in [-0.1, -0.05) is 37.4 Å². The van der Waals surface area contributed by atoms with Crippen LogP contribution >= 0.6 is 11.6 Å². The number of nitrogens with zero attached hydrogens (tertiary/aromatic N) is 2.